The molecule has 0 radical (unpaired) electrons. The summed E-state index contributed by atoms with van der Waals surface area (Å²) in [5.74, 6) is 1.56. The van der Waals surface area contributed by atoms with Gasteiger partial charge in [-0.25, -0.2) is 0 Å². The highest BCUT2D eigenvalue weighted by atomic mass is 16.6. The molecule has 0 N–H and O–H groups in total. The maximum absolute atomic E-state index is 6.46. The smallest absolute Gasteiger partial charge is 0.252 e. The molecule has 0 saturated carbocycles. The summed E-state index contributed by atoms with van der Waals surface area (Å²) in [7, 11) is 0. The van der Waals surface area contributed by atoms with Gasteiger partial charge in [-0.2, -0.15) is 0 Å². The van der Waals surface area contributed by atoms with Crippen molar-refractivity contribution >= 4 is 101 Å². The van der Waals surface area contributed by atoms with Gasteiger partial charge in [-0.15, -0.1) is 0 Å². The van der Waals surface area contributed by atoms with Crippen LogP contribution in [0.1, 0.15) is 43.0 Å². The molecule has 70 heavy (non-hydrogen) atoms. The molecule has 14 rings (SSSR count). The van der Waals surface area contributed by atoms with Gasteiger partial charge in [0.2, 0.25) is 0 Å². The Morgan fingerprint density at radius 1 is 0.443 bits per heavy atom. The van der Waals surface area contributed by atoms with E-state index in [0.29, 0.717) is 13.2 Å². The first-order chi connectivity index (χ1) is 34.0. The molecule has 0 atom stereocenters. The van der Waals surface area contributed by atoms with Crippen molar-refractivity contribution in [2.45, 2.75) is 47.0 Å². The lowest BCUT2D eigenvalue weighted by Crippen LogP contribution is -2.61. The molecule has 6 nitrogen and oxygen atoms in total. The zero-order chi connectivity index (χ0) is 47.2. The Hall–Kier alpha value is -8.16. The normalized spacial score (nSPS) is 13.9. The highest BCUT2D eigenvalue weighted by molar-refractivity contribution is 7.00. The Bertz CT molecular complexity index is 3980. The van der Waals surface area contributed by atoms with Crippen LogP contribution in [0, 0.1) is 20.8 Å². The van der Waals surface area contributed by atoms with Crippen LogP contribution in [0.2, 0.25) is 0 Å². The summed E-state index contributed by atoms with van der Waals surface area (Å²) in [5, 5.41) is 4.51. The van der Waals surface area contributed by atoms with Crippen LogP contribution in [-0.2, 0) is 5.41 Å². The Balaban J connectivity index is 0.996. The number of furan rings is 2. The number of aryl methyl sites for hydroxylation is 3. The zero-order valence-corrected chi connectivity index (χ0v) is 40.1. The van der Waals surface area contributed by atoms with Gasteiger partial charge in [0.15, 0.2) is 11.5 Å². The van der Waals surface area contributed by atoms with E-state index < -0.39 is 0 Å². The van der Waals surface area contributed by atoms with Crippen LogP contribution in [0.5, 0.6) is 11.5 Å². The molecular weight excluding hydrogens is 860 g/mol. The fourth-order valence-electron chi connectivity index (χ4n) is 11.7. The van der Waals surface area contributed by atoms with Gasteiger partial charge in [0.1, 0.15) is 35.5 Å². The van der Waals surface area contributed by atoms with Crippen LogP contribution in [-0.4, -0.2) is 19.9 Å². The van der Waals surface area contributed by atoms with Crippen LogP contribution >= 0.6 is 0 Å². The molecule has 3 aliphatic heterocycles. The molecule has 5 heterocycles. The quantitative estimate of drug-likeness (QED) is 0.164. The maximum atomic E-state index is 6.46. The Kier molecular flexibility index (Phi) is 8.71. The number of ether oxygens (including phenoxy) is 2. The minimum atomic E-state index is -0.127. The van der Waals surface area contributed by atoms with Gasteiger partial charge >= 0.3 is 0 Å². The average molecular weight is 909 g/mol. The predicted octanol–water partition coefficient (Wildman–Crippen LogP) is 14.9. The number of hydrogen-bond acceptors (Lipinski definition) is 6. The SMILES string of the molecule is Cc1cc2c3c(c1)N(c1c(C)cc(C(C)(C)C)cc1C)c1cc4c(cc1B3c1cc(-c3ccc5c(c3)oc3ccccc35)ccc1N2c1ccc(-c2ccc3c(c2)oc2ccccc23)cc1)OCCO4. The van der Waals surface area contributed by atoms with Crippen LogP contribution in [0.15, 0.2) is 173 Å². The third kappa shape index (κ3) is 6.13. The van der Waals surface area contributed by atoms with Gasteiger partial charge in [-0.3, -0.25) is 0 Å². The summed E-state index contributed by atoms with van der Waals surface area (Å²) < 4.78 is 25.6. The number of benzene rings is 9. The molecule has 0 fully saturated rings. The molecule has 0 amide bonds. The molecule has 0 aliphatic carbocycles. The Morgan fingerprint density at radius 2 is 0.957 bits per heavy atom. The van der Waals surface area contributed by atoms with Crippen molar-refractivity contribution in [1.29, 1.82) is 0 Å². The molecule has 2 aromatic heterocycles. The zero-order valence-electron chi connectivity index (χ0n) is 40.1. The largest absolute Gasteiger partial charge is 0.486 e. The van der Waals surface area contributed by atoms with E-state index in [1.165, 1.54) is 50.0 Å². The summed E-state index contributed by atoms with van der Waals surface area (Å²) >= 11 is 0. The third-order valence-electron chi connectivity index (χ3n) is 15.0. The second-order valence-corrected chi connectivity index (χ2v) is 20.5. The van der Waals surface area contributed by atoms with E-state index >= 15 is 0 Å². The molecule has 3 aliphatic rings. The Morgan fingerprint density at radius 3 is 1.59 bits per heavy atom. The fourth-order valence-corrected chi connectivity index (χ4v) is 11.7. The molecule has 0 spiro atoms. The van der Waals surface area contributed by atoms with E-state index in [1.54, 1.807) is 0 Å². The molecule has 0 bridgehead atoms. The second kappa shape index (κ2) is 14.9. The lowest BCUT2D eigenvalue weighted by Gasteiger charge is -2.45. The summed E-state index contributed by atoms with van der Waals surface area (Å²) in [6.45, 7) is 14.5. The van der Waals surface area contributed by atoms with Gasteiger partial charge < -0.3 is 28.1 Å². The van der Waals surface area contributed by atoms with Crippen molar-refractivity contribution in [2.24, 2.45) is 0 Å². The van der Waals surface area contributed by atoms with Crippen LogP contribution < -0.4 is 35.7 Å². The number of para-hydroxylation sites is 2. The topological polar surface area (TPSA) is 51.2 Å². The lowest BCUT2D eigenvalue weighted by molar-refractivity contribution is 0.172. The van der Waals surface area contributed by atoms with E-state index in [-0.39, 0.29) is 12.1 Å². The van der Waals surface area contributed by atoms with Crippen molar-refractivity contribution in [3.63, 3.8) is 0 Å². The van der Waals surface area contributed by atoms with E-state index in [1.807, 2.05) is 24.3 Å². The van der Waals surface area contributed by atoms with E-state index in [9.17, 15) is 0 Å². The van der Waals surface area contributed by atoms with Crippen molar-refractivity contribution in [1.82, 2.24) is 0 Å². The van der Waals surface area contributed by atoms with Gasteiger partial charge in [-0.1, -0.05) is 106 Å². The maximum Gasteiger partial charge on any atom is 0.252 e. The van der Waals surface area contributed by atoms with Crippen molar-refractivity contribution < 1.29 is 18.3 Å². The van der Waals surface area contributed by atoms with Gasteiger partial charge in [0.05, 0.1) is 5.69 Å². The van der Waals surface area contributed by atoms with E-state index in [0.717, 1.165) is 100 Å². The predicted molar refractivity (Wildman–Crippen MR) is 290 cm³/mol. The van der Waals surface area contributed by atoms with Crippen LogP contribution in [0.3, 0.4) is 0 Å². The minimum absolute atomic E-state index is 0.00170. The summed E-state index contributed by atoms with van der Waals surface area (Å²) in [5.41, 5.74) is 23.5. The van der Waals surface area contributed by atoms with Crippen molar-refractivity contribution in [3.8, 4) is 33.8 Å². The number of anilines is 6. The lowest BCUT2D eigenvalue weighted by atomic mass is 9.33. The van der Waals surface area contributed by atoms with Crippen molar-refractivity contribution in [3.05, 3.63) is 186 Å². The molecule has 338 valence electrons. The first-order valence-electron chi connectivity index (χ1n) is 24.4. The first-order valence-corrected chi connectivity index (χ1v) is 24.4. The standard InChI is InChI=1S/C63H49BN2O4/c1-36-27-53-61-54(28-36)66(62-37(2)29-43(30-38(62)3)63(4,5)6)52-35-60-59(67-25-26-68-60)34-50(52)64(61)49-31-40(42-18-23-48-46-12-8-10-14-56(46)70-58(48)33-42)19-24-51(49)65(53)44-20-15-39(16-21-44)41-17-22-47-45-11-7-9-13-55(45)69-57(47)32-41/h7-24,27-35H,25-26H2,1-6H3. The molecule has 0 saturated heterocycles. The number of rotatable bonds is 4. The van der Waals surface area contributed by atoms with Crippen LogP contribution in [0.4, 0.5) is 34.1 Å². The highest BCUT2D eigenvalue weighted by Crippen LogP contribution is 2.49. The van der Waals surface area contributed by atoms with Crippen LogP contribution in [0.25, 0.3) is 66.1 Å². The second-order valence-electron chi connectivity index (χ2n) is 20.5. The Labute approximate surface area is 407 Å². The number of nitrogens with zero attached hydrogens (tertiary/aromatic N) is 2. The van der Waals surface area contributed by atoms with Gasteiger partial charge in [0.25, 0.3) is 6.71 Å². The summed E-state index contributed by atoms with van der Waals surface area (Å²) in [6, 6.07) is 59.9. The van der Waals surface area contributed by atoms with Gasteiger partial charge in [0, 0.05) is 56.0 Å². The number of hydrogen-bond donors (Lipinski definition) is 0. The monoisotopic (exact) mass is 908 g/mol. The minimum Gasteiger partial charge on any atom is -0.486 e. The average Bonchev–Trinajstić information content (AvgIpc) is 3.93. The first kappa shape index (κ1) is 40.9. The number of fused-ring (bicyclic) bond motifs is 11. The molecule has 7 heteroatoms. The highest BCUT2D eigenvalue weighted by Gasteiger charge is 2.45. The fraction of sp³-hybridized carbons (Fsp3) is 0.143. The third-order valence-corrected chi connectivity index (χ3v) is 15.0. The van der Waals surface area contributed by atoms with E-state index in [4.69, 9.17) is 18.3 Å². The molecule has 11 aromatic rings. The van der Waals surface area contributed by atoms with Gasteiger partial charge in [-0.05, 0) is 160 Å². The van der Waals surface area contributed by atoms with Crippen molar-refractivity contribution in [2.75, 3.05) is 23.0 Å². The summed E-state index contributed by atoms with van der Waals surface area (Å²) in [4.78, 5) is 5.01. The molecule has 0 unspecified atom stereocenters. The molecule has 9 aromatic carbocycles. The molecular formula is C63H49BN2O4. The summed E-state index contributed by atoms with van der Waals surface area (Å²) in [6.07, 6.45) is 0. The van der Waals surface area contributed by atoms with E-state index in [2.05, 4.69) is 191 Å².